The molecule has 1 aliphatic rings. The number of furan rings is 1. The second kappa shape index (κ2) is 4.99. The van der Waals surface area contributed by atoms with Crippen molar-refractivity contribution in [3.63, 3.8) is 0 Å². The van der Waals surface area contributed by atoms with Gasteiger partial charge in [0.05, 0.1) is 0 Å². The zero-order chi connectivity index (χ0) is 12.4. The van der Waals surface area contributed by atoms with Crippen molar-refractivity contribution in [2.75, 3.05) is 6.54 Å². The topological polar surface area (TPSA) is 39.2 Å². The fourth-order valence-electron chi connectivity index (χ4n) is 2.73. The second-order valence-corrected chi connectivity index (χ2v) is 5.04. The highest BCUT2D eigenvalue weighted by molar-refractivity contribution is 5.36. The van der Waals surface area contributed by atoms with E-state index in [0.717, 1.165) is 24.4 Å². The summed E-state index contributed by atoms with van der Waals surface area (Å²) in [6.45, 7) is 0.645. The first-order valence-corrected chi connectivity index (χ1v) is 6.73. The molecule has 0 radical (unpaired) electrons. The number of hydrogen-bond donors (Lipinski definition) is 1. The van der Waals surface area contributed by atoms with Gasteiger partial charge >= 0.3 is 0 Å². The Labute approximate surface area is 108 Å². The highest BCUT2D eigenvalue weighted by Crippen LogP contribution is 2.24. The Morgan fingerprint density at radius 1 is 1.00 bits per heavy atom. The van der Waals surface area contributed by atoms with Crippen molar-refractivity contribution in [3.05, 3.63) is 58.5 Å². The van der Waals surface area contributed by atoms with Crippen LogP contribution in [0.15, 0.2) is 34.7 Å². The van der Waals surface area contributed by atoms with Gasteiger partial charge in [0.2, 0.25) is 0 Å². The Morgan fingerprint density at radius 3 is 2.72 bits per heavy atom. The van der Waals surface area contributed by atoms with E-state index in [1.807, 2.05) is 6.07 Å². The van der Waals surface area contributed by atoms with Crippen molar-refractivity contribution in [2.45, 2.75) is 32.1 Å². The molecule has 0 fully saturated rings. The lowest BCUT2D eigenvalue weighted by Crippen LogP contribution is -2.01. The molecule has 18 heavy (non-hydrogen) atoms. The average Bonchev–Trinajstić information content (AvgIpc) is 2.98. The summed E-state index contributed by atoms with van der Waals surface area (Å²) >= 11 is 0. The maximum Gasteiger partial charge on any atom is 0.108 e. The highest BCUT2D eigenvalue weighted by atomic mass is 16.3. The Kier molecular flexibility index (Phi) is 3.20. The first kappa shape index (κ1) is 11.5. The normalized spacial score (nSPS) is 13.8. The summed E-state index contributed by atoms with van der Waals surface area (Å²) in [6, 6.07) is 11.0. The van der Waals surface area contributed by atoms with E-state index in [1.54, 1.807) is 0 Å². The predicted molar refractivity (Wildman–Crippen MR) is 72.7 cm³/mol. The first-order chi connectivity index (χ1) is 8.85. The van der Waals surface area contributed by atoms with Gasteiger partial charge in [0.25, 0.3) is 0 Å². The number of benzene rings is 1. The van der Waals surface area contributed by atoms with Gasteiger partial charge in [0.15, 0.2) is 0 Å². The summed E-state index contributed by atoms with van der Waals surface area (Å²) in [7, 11) is 0. The molecule has 0 spiro atoms. The van der Waals surface area contributed by atoms with E-state index >= 15 is 0 Å². The zero-order valence-corrected chi connectivity index (χ0v) is 10.6. The standard InChI is InChI=1S/C16H19NO/c17-9-8-15-6-7-16(18-15)11-12-4-5-13-2-1-3-14(13)10-12/h4-7,10H,1-3,8-9,11,17H2. The fraction of sp³-hybridized carbons (Fsp3) is 0.375. The van der Waals surface area contributed by atoms with Crippen molar-refractivity contribution in [1.82, 2.24) is 0 Å². The molecule has 1 aromatic heterocycles. The lowest BCUT2D eigenvalue weighted by Gasteiger charge is -2.03. The molecular weight excluding hydrogens is 222 g/mol. The molecule has 0 unspecified atom stereocenters. The molecule has 2 aromatic rings. The van der Waals surface area contributed by atoms with Gasteiger partial charge in [-0.1, -0.05) is 18.2 Å². The van der Waals surface area contributed by atoms with Gasteiger partial charge < -0.3 is 10.2 Å². The van der Waals surface area contributed by atoms with Gasteiger partial charge in [-0.3, -0.25) is 0 Å². The van der Waals surface area contributed by atoms with Gasteiger partial charge in [-0.15, -0.1) is 0 Å². The third-order valence-corrected chi connectivity index (χ3v) is 3.65. The molecular formula is C16H19NO. The average molecular weight is 241 g/mol. The molecule has 0 bridgehead atoms. The van der Waals surface area contributed by atoms with E-state index in [2.05, 4.69) is 24.3 Å². The monoisotopic (exact) mass is 241 g/mol. The van der Waals surface area contributed by atoms with Crippen LogP contribution in [0.5, 0.6) is 0 Å². The Morgan fingerprint density at radius 2 is 1.83 bits per heavy atom. The molecule has 3 rings (SSSR count). The van der Waals surface area contributed by atoms with Crippen molar-refractivity contribution >= 4 is 0 Å². The molecule has 2 N–H and O–H groups in total. The van der Waals surface area contributed by atoms with Gasteiger partial charge in [0.1, 0.15) is 11.5 Å². The Hall–Kier alpha value is -1.54. The quantitative estimate of drug-likeness (QED) is 0.894. The second-order valence-electron chi connectivity index (χ2n) is 5.04. The van der Waals surface area contributed by atoms with E-state index in [-0.39, 0.29) is 0 Å². The van der Waals surface area contributed by atoms with Crippen molar-refractivity contribution < 1.29 is 4.42 Å². The Balaban J connectivity index is 1.75. The minimum absolute atomic E-state index is 0.645. The maximum atomic E-state index is 5.77. The van der Waals surface area contributed by atoms with Crippen LogP contribution in [0.4, 0.5) is 0 Å². The van der Waals surface area contributed by atoms with Crippen LogP contribution in [-0.4, -0.2) is 6.54 Å². The molecule has 94 valence electrons. The van der Waals surface area contributed by atoms with E-state index < -0.39 is 0 Å². The molecule has 1 aromatic carbocycles. The van der Waals surface area contributed by atoms with Crippen LogP contribution in [-0.2, 0) is 25.7 Å². The number of nitrogens with two attached hydrogens (primary N) is 1. The molecule has 0 amide bonds. The van der Waals surface area contributed by atoms with Crippen molar-refractivity contribution in [1.29, 1.82) is 0 Å². The number of fused-ring (bicyclic) bond motifs is 1. The van der Waals surface area contributed by atoms with Gasteiger partial charge in [-0.2, -0.15) is 0 Å². The van der Waals surface area contributed by atoms with Crippen LogP contribution < -0.4 is 5.73 Å². The molecule has 1 aliphatic carbocycles. The van der Waals surface area contributed by atoms with Crippen molar-refractivity contribution in [2.24, 2.45) is 5.73 Å². The molecule has 2 heteroatoms. The van der Waals surface area contributed by atoms with Crippen LogP contribution in [0, 0.1) is 0 Å². The fourth-order valence-corrected chi connectivity index (χ4v) is 2.73. The summed E-state index contributed by atoms with van der Waals surface area (Å²) in [4.78, 5) is 0. The van der Waals surface area contributed by atoms with E-state index in [0.29, 0.717) is 6.54 Å². The third-order valence-electron chi connectivity index (χ3n) is 3.65. The maximum absolute atomic E-state index is 5.77. The summed E-state index contributed by atoms with van der Waals surface area (Å²) < 4.78 is 5.77. The number of hydrogen-bond acceptors (Lipinski definition) is 2. The lowest BCUT2D eigenvalue weighted by atomic mass is 10.0. The van der Waals surface area contributed by atoms with E-state index in [4.69, 9.17) is 10.2 Å². The zero-order valence-electron chi connectivity index (χ0n) is 10.6. The number of rotatable bonds is 4. The minimum atomic E-state index is 0.645. The van der Waals surface area contributed by atoms with Crippen LogP contribution in [0.1, 0.15) is 34.6 Å². The summed E-state index contributed by atoms with van der Waals surface area (Å²) in [5.74, 6) is 2.03. The summed E-state index contributed by atoms with van der Waals surface area (Å²) in [5.41, 5.74) is 9.93. The van der Waals surface area contributed by atoms with E-state index in [9.17, 15) is 0 Å². The highest BCUT2D eigenvalue weighted by Gasteiger charge is 2.11. The van der Waals surface area contributed by atoms with Crippen LogP contribution in [0.25, 0.3) is 0 Å². The summed E-state index contributed by atoms with van der Waals surface area (Å²) in [5, 5.41) is 0. The molecule has 0 saturated heterocycles. The molecule has 0 atom stereocenters. The van der Waals surface area contributed by atoms with Crippen LogP contribution >= 0.6 is 0 Å². The van der Waals surface area contributed by atoms with Crippen LogP contribution in [0.3, 0.4) is 0 Å². The predicted octanol–water partition coefficient (Wildman–Crippen LogP) is 2.86. The molecule has 0 aliphatic heterocycles. The van der Waals surface area contributed by atoms with Gasteiger partial charge in [-0.25, -0.2) is 0 Å². The molecule has 1 heterocycles. The smallest absolute Gasteiger partial charge is 0.108 e. The van der Waals surface area contributed by atoms with Crippen molar-refractivity contribution in [3.8, 4) is 0 Å². The first-order valence-electron chi connectivity index (χ1n) is 6.73. The SMILES string of the molecule is NCCc1ccc(Cc2ccc3c(c2)CCC3)o1. The van der Waals surface area contributed by atoms with E-state index in [1.165, 1.54) is 36.0 Å². The Bertz CT molecular complexity index is 542. The molecule has 2 nitrogen and oxygen atoms in total. The summed E-state index contributed by atoms with van der Waals surface area (Å²) in [6.07, 6.45) is 5.50. The lowest BCUT2D eigenvalue weighted by molar-refractivity contribution is 0.474. The van der Waals surface area contributed by atoms with Gasteiger partial charge in [-0.05, 0) is 54.6 Å². The largest absolute Gasteiger partial charge is 0.466 e. The van der Waals surface area contributed by atoms with Crippen LogP contribution in [0.2, 0.25) is 0 Å². The minimum Gasteiger partial charge on any atom is -0.466 e. The molecule has 0 saturated carbocycles. The number of aryl methyl sites for hydroxylation is 2. The van der Waals surface area contributed by atoms with Gasteiger partial charge in [0, 0.05) is 12.8 Å². The third kappa shape index (κ3) is 2.34.